The van der Waals surface area contributed by atoms with Crippen molar-refractivity contribution in [1.82, 2.24) is 0 Å². The van der Waals surface area contributed by atoms with Crippen LogP contribution < -0.4 is 0 Å². The van der Waals surface area contributed by atoms with E-state index in [1.165, 1.54) is 13.2 Å². The Labute approximate surface area is 99.8 Å². The number of rotatable bonds is 2. The second kappa shape index (κ2) is 3.69. The molecular weight excluding hydrogens is 216 g/mol. The highest BCUT2D eigenvalue weighted by Gasteiger charge is 2.50. The van der Waals surface area contributed by atoms with E-state index in [2.05, 4.69) is 16.9 Å². The fourth-order valence-electron chi connectivity index (χ4n) is 3.30. The topological polar surface area (TPSA) is 43.4 Å². The van der Waals surface area contributed by atoms with Crippen LogP contribution in [0.3, 0.4) is 0 Å². The molecule has 17 heavy (non-hydrogen) atoms. The van der Waals surface area contributed by atoms with E-state index < -0.39 is 5.97 Å². The van der Waals surface area contributed by atoms with E-state index in [0.717, 1.165) is 6.42 Å². The molecule has 0 heterocycles. The number of fused-ring (bicyclic) bond motifs is 5. The normalized spacial score (nSPS) is 37.7. The molecule has 3 nitrogen and oxygen atoms in total. The maximum atomic E-state index is 12.2. The van der Waals surface area contributed by atoms with Crippen LogP contribution in [0.2, 0.25) is 0 Å². The third kappa shape index (κ3) is 1.49. The smallest absolute Gasteiger partial charge is 0.330 e. The highest BCUT2D eigenvalue weighted by atomic mass is 16.5. The molecule has 0 aliphatic heterocycles. The van der Waals surface area contributed by atoms with Gasteiger partial charge in [-0.2, -0.15) is 0 Å². The quantitative estimate of drug-likeness (QED) is 0.411. The van der Waals surface area contributed by atoms with Crippen molar-refractivity contribution in [3.8, 4) is 0 Å². The zero-order valence-electron chi connectivity index (χ0n) is 9.63. The van der Waals surface area contributed by atoms with Crippen molar-refractivity contribution < 1.29 is 14.3 Å². The van der Waals surface area contributed by atoms with Crippen LogP contribution in [0, 0.1) is 23.7 Å². The Balaban J connectivity index is 1.81. The molecule has 0 spiro atoms. The van der Waals surface area contributed by atoms with Gasteiger partial charge in [0.05, 0.1) is 7.11 Å². The molecule has 3 aliphatic rings. The van der Waals surface area contributed by atoms with Gasteiger partial charge < -0.3 is 4.74 Å². The van der Waals surface area contributed by atoms with Gasteiger partial charge in [0, 0.05) is 17.6 Å². The Morgan fingerprint density at radius 1 is 1.41 bits per heavy atom. The summed E-state index contributed by atoms with van der Waals surface area (Å²) in [6.07, 6.45) is 10.4. The number of Topliss-reactive ketones (excluding diaryl/α,β-unsaturated/α-hetero) is 1. The van der Waals surface area contributed by atoms with Crippen molar-refractivity contribution in [1.29, 1.82) is 0 Å². The second-order valence-corrected chi connectivity index (χ2v) is 4.89. The zero-order valence-corrected chi connectivity index (χ0v) is 9.63. The summed E-state index contributed by atoms with van der Waals surface area (Å²) in [5.41, 5.74) is 0.670. The Morgan fingerprint density at radius 2 is 2.18 bits per heavy atom. The molecular formula is C14H14O3. The van der Waals surface area contributed by atoms with Crippen molar-refractivity contribution in [2.45, 2.75) is 6.42 Å². The molecule has 0 aromatic rings. The monoisotopic (exact) mass is 230 g/mol. The number of allylic oxidation sites excluding steroid dienone is 5. The van der Waals surface area contributed by atoms with Gasteiger partial charge in [0.2, 0.25) is 0 Å². The minimum absolute atomic E-state index is 0.127. The summed E-state index contributed by atoms with van der Waals surface area (Å²) in [6, 6.07) is 0. The third-order valence-electron chi connectivity index (χ3n) is 4.08. The van der Waals surface area contributed by atoms with Gasteiger partial charge in [0.1, 0.15) is 0 Å². The molecule has 1 fully saturated rings. The van der Waals surface area contributed by atoms with E-state index in [9.17, 15) is 9.59 Å². The third-order valence-corrected chi connectivity index (χ3v) is 4.08. The molecule has 0 unspecified atom stereocenters. The maximum absolute atomic E-state index is 12.2. The fraction of sp³-hybridized carbons (Fsp3) is 0.429. The van der Waals surface area contributed by atoms with Crippen LogP contribution in [0.15, 0.2) is 36.0 Å². The van der Waals surface area contributed by atoms with E-state index in [4.69, 9.17) is 0 Å². The maximum Gasteiger partial charge on any atom is 0.330 e. The Hall–Kier alpha value is -1.64. The Morgan fingerprint density at radius 3 is 2.88 bits per heavy atom. The highest BCUT2D eigenvalue weighted by Crippen LogP contribution is 2.52. The molecule has 3 rings (SSSR count). The SMILES string of the molecule is COC(=O)/C=C/C1=C[C@H]2[C@@H](C1=O)[C@@H]1C=C[C@H]2C1. The number of carbonyl (C=O) groups is 2. The number of hydrogen-bond donors (Lipinski definition) is 0. The first-order chi connectivity index (χ1) is 8.20. The summed E-state index contributed by atoms with van der Waals surface area (Å²) >= 11 is 0. The van der Waals surface area contributed by atoms with Gasteiger partial charge in [-0.3, -0.25) is 4.79 Å². The molecule has 3 heteroatoms. The molecule has 0 N–H and O–H groups in total. The summed E-state index contributed by atoms with van der Waals surface area (Å²) in [5, 5.41) is 0. The van der Waals surface area contributed by atoms with Gasteiger partial charge in [-0.15, -0.1) is 0 Å². The lowest BCUT2D eigenvalue weighted by Crippen LogP contribution is -2.20. The van der Waals surface area contributed by atoms with Crippen molar-refractivity contribution in [2.24, 2.45) is 23.7 Å². The minimum atomic E-state index is -0.420. The number of ketones is 1. The van der Waals surface area contributed by atoms with E-state index >= 15 is 0 Å². The summed E-state index contributed by atoms with van der Waals surface area (Å²) in [7, 11) is 1.33. The van der Waals surface area contributed by atoms with Crippen molar-refractivity contribution >= 4 is 11.8 Å². The molecule has 1 saturated carbocycles. The molecule has 0 aromatic heterocycles. The van der Waals surface area contributed by atoms with Crippen LogP contribution in [0.1, 0.15) is 6.42 Å². The minimum Gasteiger partial charge on any atom is -0.466 e. The van der Waals surface area contributed by atoms with Gasteiger partial charge >= 0.3 is 5.97 Å². The predicted octanol–water partition coefficient (Wildman–Crippen LogP) is 1.66. The Bertz CT molecular complexity index is 470. The lowest BCUT2D eigenvalue weighted by atomic mass is 9.85. The number of carbonyl (C=O) groups excluding carboxylic acids is 2. The van der Waals surface area contributed by atoms with Crippen molar-refractivity contribution in [3.63, 3.8) is 0 Å². The molecule has 0 saturated heterocycles. The highest BCUT2D eigenvalue weighted by molar-refractivity contribution is 6.04. The van der Waals surface area contributed by atoms with Crippen LogP contribution in [-0.4, -0.2) is 18.9 Å². The van der Waals surface area contributed by atoms with Gasteiger partial charge in [0.15, 0.2) is 5.78 Å². The fourth-order valence-corrected chi connectivity index (χ4v) is 3.30. The van der Waals surface area contributed by atoms with Gasteiger partial charge in [-0.05, 0) is 30.3 Å². The van der Waals surface area contributed by atoms with Gasteiger partial charge in [-0.1, -0.05) is 18.2 Å². The van der Waals surface area contributed by atoms with Gasteiger partial charge in [0.25, 0.3) is 0 Å². The summed E-state index contributed by atoms with van der Waals surface area (Å²) in [4.78, 5) is 23.2. The summed E-state index contributed by atoms with van der Waals surface area (Å²) < 4.78 is 4.52. The van der Waals surface area contributed by atoms with Gasteiger partial charge in [-0.25, -0.2) is 4.79 Å². The lowest BCUT2D eigenvalue weighted by molar-refractivity contribution is -0.134. The number of methoxy groups -OCH3 is 1. The van der Waals surface area contributed by atoms with Crippen LogP contribution in [0.4, 0.5) is 0 Å². The average molecular weight is 230 g/mol. The molecule has 0 radical (unpaired) electrons. The number of ether oxygens (including phenoxy) is 1. The van der Waals surface area contributed by atoms with Crippen molar-refractivity contribution in [2.75, 3.05) is 7.11 Å². The van der Waals surface area contributed by atoms with E-state index in [-0.39, 0.29) is 11.7 Å². The van der Waals surface area contributed by atoms with E-state index in [1.807, 2.05) is 6.08 Å². The standard InChI is InChI=1S/C14H14O3/c1-17-12(15)5-4-10-7-11-8-2-3-9(6-8)13(11)14(10)16/h2-5,7-9,11,13H,6H2,1H3/b5-4+/t8-,9+,11+,13-/m0/s1. The summed E-state index contributed by atoms with van der Waals surface area (Å²) in [5.74, 6) is 1.19. The van der Waals surface area contributed by atoms with Crippen LogP contribution in [0.25, 0.3) is 0 Å². The average Bonchev–Trinajstić information content (AvgIpc) is 2.99. The van der Waals surface area contributed by atoms with E-state index in [1.54, 1.807) is 6.08 Å². The van der Waals surface area contributed by atoms with Crippen molar-refractivity contribution in [3.05, 3.63) is 36.0 Å². The second-order valence-electron chi connectivity index (χ2n) is 4.89. The molecule has 4 atom stereocenters. The van der Waals surface area contributed by atoms with Crippen LogP contribution in [-0.2, 0) is 14.3 Å². The first-order valence-electron chi connectivity index (χ1n) is 5.91. The first kappa shape index (κ1) is 10.5. The number of esters is 1. The number of hydrogen-bond acceptors (Lipinski definition) is 3. The first-order valence-corrected chi connectivity index (χ1v) is 5.91. The molecule has 2 bridgehead atoms. The molecule has 3 aliphatic carbocycles. The molecule has 0 amide bonds. The lowest BCUT2D eigenvalue weighted by Gasteiger charge is -2.17. The zero-order chi connectivity index (χ0) is 12.0. The largest absolute Gasteiger partial charge is 0.466 e. The van der Waals surface area contributed by atoms with Crippen LogP contribution in [0.5, 0.6) is 0 Å². The predicted molar refractivity (Wildman–Crippen MR) is 62.0 cm³/mol. The molecule has 0 aromatic carbocycles. The Kier molecular flexibility index (Phi) is 2.28. The van der Waals surface area contributed by atoms with Crippen LogP contribution >= 0.6 is 0 Å². The van der Waals surface area contributed by atoms with E-state index in [0.29, 0.717) is 23.3 Å². The molecule has 88 valence electrons. The summed E-state index contributed by atoms with van der Waals surface area (Å²) in [6.45, 7) is 0.